The summed E-state index contributed by atoms with van der Waals surface area (Å²) in [6.45, 7) is 11.3. The summed E-state index contributed by atoms with van der Waals surface area (Å²) < 4.78 is 5.33. The summed E-state index contributed by atoms with van der Waals surface area (Å²) in [6.07, 6.45) is 5.18. The van der Waals surface area contributed by atoms with Crippen molar-refractivity contribution in [3.8, 4) is 0 Å². The van der Waals surface area contributed by atoms with Gasteiger partial charge < -0.3 is 4.74 Å². The SMILES string of the molecule is CC(C)=CCCC(C)C1=C(OC(=O)CC(C)C)C(=O)C(C)=CC1=O. The van der Waals surface area contributed by atoms with E-state index in [-0.39, 0.29) is 35.6 Å². The van der Waals surface area contributed by atoms with Gasteiger partial charge in [-0.25, -0.2) is 0 Å². The number of carbonyl (C=O) groups excluding carboxylic acids is 3. The van der Waals surface area contributed by atoms with Gasteiger partial charge in [0.2, 0.25) is 5.78 Å². The van der Waals surface area contributed by atoms with Gasteiger partial charge in [-0.3, -0.25) is 14.4 Å². The molecule has 0 aromatic heterocycles. The first-order chi connectivity index (χ1) is 11.1. The molecule has 4 nitrogen and oxygen atoms in total. The minimum atomic E-state index is -0.468. The van der Waals surface area contributed by atoms with Crippen LogP contribution in [0, 0.1) is 11.8 Å². The van der Waals surface area contributed by atoms with Crippen molar-refractivity contribution in [3.05, 3.63) is 34.6 Å². The van der Waals surface area contributed by atoms with E-state index in [2.05, 4.69) is 6.08 Å². The van der Waals surface area contributed by atoms with Crippen LogP contribution in [0.3, 0.4) is 0 Å². The third kappa shape index (κ3) is 5.59. The van der Waals surface area contributed by atoms with E-state index >= 15 is 0 Å². The van der Waals surface area contributed by atoms with E-state index in [0.29, 0.717) is 11.1 Å². The molecule has 0 spiro atoms. The van der Waals surface area contributed by atoms with Crippen LogP contribution in [0.1, 0.15) is 60.8 Å². The fourth-order valence-electron chi connectivity index (χ4n) is 2.58. The number of ketones is 2. The Balaban J connectivity index is 3.08. The molecule has 1 rings (SSSR count). The van der Waals surface area contributed by atoms with E-state index in [1.54, 1.807) is 6.92 Å². The second-order valence-electron chi connectivity index (χ2n) is 7.10. The number of hydrogen-bond donors (Lipinski definition) is 0. The summed E-state index contributed by atoms with van der Waals surface area (Å²) >= 11 is 0. The fraction of sp³-hybridized carbons (Fsp3) is 0.550. The maximum atomic E-state index is 12.4. The van der Waals surface area contributed by atoms with Crippen LogP contribution in [-0.2, 0) is 19.1 Å². The third-order valence-electron chi connectivity index (χ3n) is 3.86. The lowest BCUT2D eigenvalue weighted by Gasteiger charge is -2.21. The Hall–Kier alpha value is -1.97. The first kappa shape index (κ1) is 20.1. The van der Waals surface area contributed by atoms with Crippen LogP contribution in [-0.4, -0.2) is 17.5 Å². The lowest BCUT2D eigenvalue weighted by atomic mass is 9.85. The first-order valence-electron chi connectivity index (χ1n) is 8.49. The van der Waals surface area contributed by atoms with Gasteiger partial charge in [-0.1, -0.05) is 32.4 Å². The standard InChI is InChI=1S/C20H28O4/c1-12(2)8-7-9-14(5)18-16(21)11-15(6)19(23)20(18)24-17(22)10-13(3)4/h8,11,13-14H,7,9-10H2,1-6H3. The lowest BCUT2D eigenvalue weighted by Crippen LogP contribution is -2.25. The van der Waals surface area contributed by atoms with Gasteiger partial charge in [-0.15, -0.1) is 0 Å². The van der Waals surface area contributed by atoms with Crippen LogP contribution in [0.15, 0.2) is 34.6 Å². The number of allylic oxidation sites excluding steroid dienone is 5. The summed E-state index contributed by atoms with van der Waals surface area (Å²) in [6, 6.07) is 0. The second-order valence-corrected chi connectivity index (χ2v) is 7.10. The normalized spacial score (nSPS) is 16.2. The van der Waals surface area contributed by atoms with Crippen LogP contribution in [0.5, 0.6) is 0 Å². The third-order valence-corrected chi connectivity index (χ3v) is 3.86. The molecule has 1 atom stereocenters. The monoisotopic (exact) mass is 332 g/mol. The van der Waals surface area contributed by atoms with Crippen molar-refractivity contribution in [2.75, 3.05) is 0 Å². The van der Waals surface area contributed by atoms with E-state index in [1.807, 2.05) is 34.6 Å². The van der Waals surface area contributed by atoms with E-state index < -0.39 is 5.97 Å². The largest absolute Gasteiger partial charge is 0.422 e. The zero-order valence-electron chi connectivity index (χ0n) is 15.6. The van der Waals surface area contributed by atoms with Crippen LogP contribution < -0.4 is 0 Å². The van der Waals surface area contributed by atoms with Crippen LogP contribution >= 0.6 is 0 Å². The van der Waals surface area contributed by atoms with Gasteiger partial charge in [0.1, 0.15) is 0 Å². The molecule has 0 bridgehead atoms. The van der Waals surface area contributed by atoms with Gasteiger partial charge in [-0.2, -0.15) is 0 Å². The maximum absolute atomic E-state index is 12.4. The fourth-order valence-corrected chi connectivity index (χ4v) is 2.58. The molecule has 0 amide bonds. The number of carbonyl (C=O) groups is 3. The molecule has 0 fully saturated rings. The Morgan fingerprint density at radius 3 is 2.38 bits per heavy atom. The van der Waals surface area contributed by atoms with Crippen LogP contribution in [0.4, 0.5) is 0 Å². The summed E-state index contributed by atoms with van der Waals surface area (Å²) in [4.78, 5) is 36.8. The van der Waals surface area contributed by atoms with Gasteiger partial charge in [0, 0.05) is 17.6 Å². The van der Waals surface area contributed by atoms with Gasteiger partial charge in [0.25, 0.3) is 0 Å². The van der Waals surface area contributed by atoms with E-state index in [0.717, 1.165) is 12.8 Å². The zero-order valence-corrected chi connectivity index (χ0v) is 15.6. The molecule has 1 unspecified atom stereocenters. The predicted molar refractivity (Wildman–Crippen MR) is 94.2 cm³/mol. The maximum Gasteiger partial charge on any atom is 0.311 e. The van der Waals surface area contributed by atoms with Crippen molar-refractivity contribution in [2.24, 2.45) is 11.8 Å². The second kappa shape index (κ2) is 8.76. The molecular formula is C20H28O4. The molecule has 0 aliphatic heterocycles. The Labute approximate surface area is 144 Å². The zero-order chi connectivity index (χ0) is 18.4. The molecule has 1 aliphatic carbocycles. The highest BCUT2D eigenvalue weighted by Gasteiger charge is 2.32. The van der Waals surface area contributed by atoms with Gasteiger partial charge in [0.15, 0.2) is 11.5 Å². The topological polar surface area (TPSA) is 60.4 Å². The molecule has 24 heavy (non-hydrogen) atoms. The lowest BCUT2D eigenvalue weighted by molar-refractivity contribution is -0.143. The minimum absolute atomic E-state index is 0.0737. The van der Waals surface area contributed by atoms with E-state index in [1.165, 1.54) is 11.6 Å². The van der Waals surface area contributed by atoms with E-state index in [4.69, 9.17) is 4.74 Å². The number of hydrogen-bond acceptors (Lipinski definition) is 4. The molecule has 132 valence electrons. The molecule has 4 heteroatoms. The smallest absolute Gasteiger partial charge is 0.311 e. The summed E-state index contributed by atoms with van der Waals surface area (Å²) in [5.74, 6) is -1.16. The number of ether oxygens (including phenoxy) is 1. The Morgan fingerprint density at radius 1 is 1.21 bits per heavy atom. The van der Waals surface area contributed by atoms with Crippen molar-refractivity contribution >= 4 is 17.5 Å². The van der Waals surface area contributed by atoms with Crippen molar-refractivity contribution in [2.45, 2.75) is 60.8 Å². The Kier molecular flexibility index (Phi) is 7.33. The molecule has 0 aromatic carbocycles. The van der Waals surface area contributed by atoms with Gasteiger partial charge in [-0.05, 0) is 51.5 Å². The highest BCUT2D eigenvalue weighted by atomic mass is 16.5. The average Bonchev–Trinajstić information content (AvgIpc) is 2.43. The molecule has 0 aromatic rings. The average molecular weight is 332 g/mol. The summed E-state index contributed by atoms with van der Waals surface area (Å²) in [5, 5.41) is 0. The van der Waals surface area contributed by atoms with Crippen molar-refractivity contribution in [1.82, 2.24) is 0 Å². The molecule has 0 saturated carbocycles. The molecule has 0 saturated heterocycles. The number of rotatable bonds is 7. The predicted octanol–water partition coefficient (Wildman–Crippen LogP) is 4.31. The van der Waals surface area contributed by atoms with Crippen molar-refractivity contribution in [1.29, 1.82) is 0 Å². The Morgan fingerprint density at radius 2 is 1.83 bits per heavy atom. The highest BCUT2D eigenvalue weighted by molar-refractivity contribution is 6.22. The molecular weight excluding hydrogens is 304 g/mol. The quantitative estimate of drug-likeness (QED) is 0.396. The summed E-state index contributed by atoms with van der Waals surface area (Å²) in [5.41, 5.74) is 1.85. The Bertz CT molecular complexity index is 614. The van der Waals surface area contributed by atoms with Crippen molar-refractivity contribution < 1.29 is 19.1 Å². The summed E-state index contributed by atoms with van der Waals surface area (Å²) in [7, 11) is 0. The van der Waals surface area contributed by atoms with Crippen LogP contribution in [0.2, 0.25) is 0 Å². The van der Waals surface area contributed by atoms with E-state index in [9.17, 15) is 14.4 Å². The highest BCUT2D eigenvalue weighted by Crippen LogP contribution is 2.29. The van der Waals surface area contributed by atoms with Gasteiger partial charge >= 0.3 is 5.97 Å². The minimum Gasteiger partial charge on any atom is -0.422 e. The van der Waals surface area contributed by atoms with Crippen molar-refractivity contribution in [3.63, 3.8) is 0 Å². The molecule has 1 aliphatic rings. The van der Waals surface area contributed by atoms with Gasteiger partial charge in [0.05, 0.1) is 0 Å². The molecule has 0 radical (unpaired) electrons. The number of Topliss-reactive ketones (excluding diaryl/α,β-unsaturated/α-hetero) is 1. The molecule has 0 heterocycles. The number of esters is 1. The van der Waals surface area contributed by atoms with Crippen LogP contribution in [0.25, 0.3) is 0 Å². The molecule has 0 N–H and O–H groups in total. The first-order valence-corrected chi connectivity index (χ1v) is 8.49.